The fourth-order valence-electron chi connectivity index (χ4n) is 1.97. The summed E-state index contributed by atoms with van der Waals surface area (Å²) in [5.74, 6) is 0.849. The van der Waals surface area contributed by atoms with Gasteiger partial charge in [0.2, 0.25) is 0 Å². The molecule has 2 nitrogen and oxygen atoms in total. The highest BCUT2D eigenvalue weighted by molar-refractivity contribution is 6.16. The minimum absolute atomic E-state index is 0.503. The van der Waals surface area contributed by atoms with E-state index in [1.807, 2.05) is 12.4 Å². The molecule has 0 N–H and O–H groups in total. The molecule has 0 spiro atoms. The molecule has 2 rings (SSSR count). The predicted octanol–water partition coefficient (Wildman–Crippen LogP) is 1.70. The summed E-state index contributed by atoms with van der Waals surface area (Å²) in [4.78, 5) is 8.84. The summed E-state index contributed by atoms with van der Waals surface area (Å²) in [6.07, 6.45) is 7.49. The van der Waals surface area contributed by atoms with Crippen molar-refractivity contribution in [3.63, 3.8) is 0 Å². The molecule has 2 heteroatoms. The Labute approximate surface area is 67.4 Å². The van der Waals surface area contributed by atoms with Gasteiger partial charge in [-0.15, -0.1) is 0 Å². The molecular formula is C9H14N2. The molecule has 1 fully saturated rings. The molecule has 0 amide bonds. The number of hydrogen-bond donors (Lipinski definition) is 0. The van der Waals surface area contributed by atoms with Gasteiger partial charge in [0.1, 0.15) is 0 Å². The Kier molecular flexibility index (Phi) is 1.76. The maximum absolute atomic E-state index is 4.43. The van der Waals surface area contributed by atoms with Gasteiger partial charge in [0.25, 0.3) is 0 Å². The van der Waals surface area contributed by atoms with Gasteiger partial charge in [-0.05, 0) is 25.2 Å². The second-order valence-electron chi connectivity index (χ2n) is 3.65. The summed E-state index contributed by atoms with van der Waals surface area (Å²) in [6, 6.07) is 1.01. The lowest BCUT2D eigenvalue weighted by molar-refractivity contribution is 0.309. The van der Waals surface area contributed by atoms with Crippen LogP contribution in [0.3, 0.4) is 0 Å². The molecule has 1 aliphatic carbocycles. The summed E-state index contributed by atoms with van der Waals surface area (Å²) in [6.45, 7) is 2.31. The first kappa shape index (κ1) is 7.01. The van der Waals surface area contributed by atoms with Crippen LogP contribution in [0.1, 0.15) is 26.2 Å². The van der Waals surface area contributed by atoms with Crippen LogP contribution in [0.25, 0.3) is 0 Å². The lowest BCUT2D eigenvalue weighted by Crippen LogP contribution is -2.32. The zero-order valence-corrected chi connectivity index (χ0v) is 6.90. The normalized spacial score (nSPS) is 42.1. The Bertz CT molecular complexity index is 196. The standard InChI is InChI=1S/C9H14N2/c1-7-2-3-8-9(6-7)11-5-4-10-8/h4-5,7-9H,2-3,6H2,1H3/t7-,8?,9?/m0/s1. The van der Waals surface area contributed by atoms with Crippen molar-refractivity contribution >= 4 is 12.4 Å². The summed E-state index contributed by atoms with van der Waals surface area (Å²) < 4.78 is 0. The van der Waals surface area contributed by atoms with Crippen molar-refractivity contribution in [3.05, 3.63) is 0 Å². The highest BCUT2D eigenvalue weighted by Crippen LogP contribution is 2.28. The number of nitrogens with zero attached hydrogens (tertiary/aromatic N) is 2. The monoisotopic (exact) mass is 150 g/mol. The molecule has 0 aromatic rings. The topological polar surface area (TPSA) is 24.7 Å². The third kappa shape index (κ3) is 1.35. The number of rotatable bonds is 0. The Hall–Kier alpha value is -0.660. The summed E-state index contributed by atoms with van der Waals surface area (Å²) in [7, 11) is 0. The smallest absolute Gasteiger partial charge is 0.0726 e. The first-order valence-electron chi connectivity index (χ1n) is 4.41. The maximum Gasteiger partial charge on any atom is 0.0726 e. The fraction of sp³-hybridized carbons (Fsp3) is 0.778. The van der Waals surface area contributed by atoms with Gasteiger partial charge in [-0.3, -0.25) is 9.98 Å². The van der Waals surface area contributed by atoms with Crippen LogP contribution in [-0.4, -0.2) is 24.5 Å². The van der Waals surface area contributed by atoms with Crippen molar-refractivity contribution < 1.29 is 0 Å². The van der Waals surface area contributed by atoms with E-state index in [1.165, 1.54) is 19.3 Å². The first-order chi connectivity index (χ1) is 5.36. The van der Waals surface area contributed by atoms with Gasteiger partial charge >= 0.3 is 0 Å². The summed E-state index contributed by atoms with van der Waals surface area (Å²) >= 11 is 0. The molecule has 2 unspecified atom stereocenters. The average molecular weight is 150 g/mol. The Morgan fingerprint density at radius 1 is 1.09 bits per heavy atom. The van der Waals surface area contributed by atoms with E-state index in [0.29, 0.717) is 12.1 Å². The molecule has 3 atom stereocenters. The predicted molar refractivity (Wildman–Crippen MR) is 47.6 cm³/mol. The van der Waals surface area contributed by atoms with E-state index >= 15 is 0 Å². The molecule has 1 heterocycles. The van der Waals surface area contributed by atoms with Gasteiger partial charge < -0.3 is 0 Å². The quantitative estimate of drug-likeness (QED) is 0.502. The first-order valence-corrected chi connectivity index (χ1v) is 4.41. The fourth-order valence-corrected chi connectivity index (χ4v) is 1.97. The molecule has 0 saturated heterocycles. The van der Waals surface area contributed by atoms with E-state index in [4.69, 9.17) is 0 Å². The molecule has 2 aliphatic rings. The molecule has 0 aromatic heterocycles. The number of fused-ring (bicyclic) bond motifs is 1. The number of hydrogen-bond acceptors (Lipinski definition) is 2. The highest BCUT2D eigenvalue weighted by Gasteiger charge is 2.27. The molecule has 60 valence electrons. The molecule has 1 saturated carbocycles. The van der Waals surface area contributed by atoms with E-state index in [-0.39, 0.29) is 0 Å². The van der Waals surface area contributed by atoms with Gasteiger partial charge in [0.15, 0.2) is 0 Å². The molecule has 0 bridgehead atoms. The number of aliphatic imine (C=N–C) groups is 2. The van der Waals surface area contributed by atoms with Crippen LogP contribution in [0.4, 0.5) is 0 Å². The minimum Gasteiger partial charge on any atom is -0.286 e. The lowest BCUT2D eigenvalue weighted by Gasteiger charge is -2.30. The SMILES string of the molecule is C[C@H]1CCC2N=CC=NC2C1. The van der Waals surface area contributed by atoms with Crippen molar-refractivity contribution in [3.8, 4) is 0 Å². The van der Waals surface area contributed by atoms with Crippen molar-refractivity contribution in [2.75, 3.05) is 0 Å². The largest absolute Gasteiger partial charge is 0.286 e. The van der Waals surface area contributed by atoms with Gasteiger partial charge in [0, 0.05) is 12.4 Å². The third-order valence-corrected chi connectivity index (χ3v) is 2.66. The van der Waals surface area contributed by atoms with Crippen molar-refractivity contribution in [2.45, 2.75) is 38.3 Å². The molecule has 11 heavy (non-hydrogen) atoms. The summed E-state index contributed by atoms with van der Waals surface area (Å²) in [5, 5.41) is 0. The molecule has 1 aliphatic heterocycles. The lowest BCUT2D eigenvalue weighted by atomic mass is 9.83. The Morgan fingerprint density at radius 2 is 1.82 bits per heavy atom. The van der Waals surface area contributed by atoms with Gasteiger partial charge in [-0.2, -0.15) is 0 Å². The highest BCUT2D eigenvalue weighted by atomic mass is 14.9. The van der Waals surface area contributed by atoms with E-state index in [1.54, 1.807) is 0 Å². The third-order valence-electron chi connectivity index (χ3n) is 2.66. The van der Waals surface area contributed by atoms with Crippen LogP contribution in [0.5, 0.6) is 0 Å². The van der Waals surface area contributed by atoms with Crippen LogP contribution in [0.2, 0.25) is 0 Å². The van der Waals surface area contributed by atoms with Crippen LogP contribution in [-0.2, 0) is 0 Å². The van der Waals surface area contributed by atoms with Gasteiger partial charge in [-0.25, -0.2) is 0 Å². The van der Waals surface area contributed by atoms with Crippen LogP contribution in [0.15, 0.2) is 9.98 Å². The van der Waals surface area contributed by atoms with E-state index in [0.717, 1.165) is 5.92 Å². The van der Waals surface area contributed by atoms with Crippen LogP contribution >= 0.6 is 0 Å². The molecule has 0 aromatic carbocycles. The molecular weight excluding hydrogens is 136 g/mol. The zero-order valence-electron chi connectivity index (χ0n) is 6.90. The van der Waals surface area contributed by atoms with Gasteiger partial charge in [-0.1, -0.05) is 6.92 Å². The molecule has 0 radical (unpaired) electrons. The van der Waals surface area contributed by atoms with Crippen molar-refractivity contribution in [1.82, 2.24) is 0 Å². The van der Waals surface area contributed by atoms with E-state index in [2.05, 4.69) is 16.9 Å². The van der Waals surface area contributed by atoms with Crippen LogP contribution in [0, 0.1) is 5.92 Å². The Balaban J connectivity index is 2.07. The second-order valence-corrected chi connectivity index (χ2v) is 3.65. The average Bonchev–Trinajstić information content (AvgIpc) is 2.04. The Morgan fingerprint density at radius 3 is 2.64 bits per heavy atom. The maximum atomic E-state index is 4.43. The van der Waals surface area contributed by atoms with E-state index in [9.17, 15) is 0 Å². The van der Waals surface area contributed by atoms with Gasteiger partial charge in [0.05, 0.1) is 12.1 Å². The summed E-state index contributed by atoms with van der Waals surface area (Å²) in [5.41, 5.74) is 0. The van der Waals surface area contributed by atoms with E-state index < -0.39 is 0 Å². The minimum atomic E-state index is 0.503. The zero-order chi connectivity index (χ0) is 7.68. The van der Waals surface area contributed by atoms with Crippen LogP contribution < -0.4 is 0 Å². The van der Waals surface area contributed by atoms with Crippen molar-refractivity contribution in [1.29, 1.82) is 0 Å². The van der Waals surface area contributed by atoms with Crippen molar-refractivity contribution in [2.24, 2.45) is 15.9 Å². The second kappa shape index (κ2) is 2.76.